The number of hydrogen-bond acceptors (Lipinski definition) is 11. The number of nitrogens with one attached hydrogen (secondary N) is 2. The Labute approximate surface area is 302 Å². The van der Waals surface area contributed by atoms with Crippen molar-refractivity contribution in [3.05, 3.63) is 43.4 Å². The first-order valence-electron chi connectivity index (χ1n) is 17.8. The van der Waals surface area contributed by atoms with Crippen LogP contribution in [0.4, 0.5) is 0 Å². The molecule has 2 aromatic heterocycles. The van der Waals surface area contributed by atoms with E-state index in [1.54, 1.807) is 17.4 Å². The average Bonchev–Trinajstić information content (AvgIpc) is 3.74. The number of aromatic nitrogens is 2. The van der Waals surface area contributed by atoms with Crippen molar-refractivity contribution in [2.45, 2.75) is 96.7 Å². The Morgan fingerprint density at radius 3 is 2.58 bits per heavy atom. The zero-order valence-corrected chi connectivity index (χ0v) is 31.5. The van der Waals surface area contributed by atoms with Crippen LogP contribution in [0, 0.1) is 5.41 Å². The minimum atomic E-state index is -0.751. The lowest BCUT2D eigenvalue weighted by Crippen LogP contribution is -2.58. The van der Waals surface area contributed by atoms with Gasteiger partial charge in [-0.15, -0.1) is 11.3 Å². The zero-order valence-electron chi connectivity index (χ0n) is 29.9. The number of likely N-dealkylation sites (tertiary alicyclic amines) is 1. The van der Waals surface area contributed by atoms with Gasteiger partial charge in [-0.25, -0.2) is 4.98 Å². The number of unbranched alkanes of at least 4 members (excludes halogenated alkanes) is 3. The Balaban J connectivity index is 0.00000181. The fraction of sp³-hybridized carbons (Fsp3) is 0.667. The molecule has 1 aromatic carbocycles. The maximum absolute atomic E-state index is 13.2. The van der Waals surface area contributed by atoms with Crippen molar-refractivity contribution >= 4 is 45.3 Å². The van der Waals surface area contributed by atoms with Gasteiger partial charge in [-0.1, -0.05) is 64.4 Å². The molecule has 1 spiro atoms. The molecular weight excluding hydrogens is 679 g/mol. The number of aromatic hydroxyl groups is 1. The van der Waals surface area contributed by atoms with Crippen LogP contribution in [0.5, 0.6) is 5.75 Å². The normalized spacial score (nSPS) is 17.2. The Morgan fingerprint density at radius 2 is 1.88 bits per heavy atom. The molecule has 5 N–H and O–H groups in total. The average molecular weight is 734 g/mol. The van der Waals surface area contributed by atoms with Crippen molar-refractivity contribution < 1.29 is 29.6 Å². The van der Waals surface area contributed by atoms with Gasteiger partial charge in [0.2, 0.25) is 0 Å². The number of benzene rings is 1. The van der Waals surface area contributed by atoms with Gasteiger partial charge in [0.1, 0.15) is 17.0 Å². The summed E-state index contributed by atoms with van der Waals surface area (Å²) < 4.78 is 6.93. The Bertz CT molecular complexity index is 1580. The van der Waals surface area contributed by atoms with E-state index in [2.05, 4.69) is 47.9 Å². The Kier molecular flexibility index (Phi) is 14.8. The van der Waals surface area contributed by atoms with Crippen LogP contribution in [0.1, 0.15) is 112 Å². The quantitative estimate of drug-likeness (QED) is 0.0984. The van der Waals surface area contributed by atoms with Crippen LogP contribution in [0.3, 0.4) is 0 Å². The molecule has 0 radical (unpaired) electrons. The molecule has 5 rings (SSSR count). The number of nitrogens with zero attached hydrogens (tertiary/aromatic N) is 3. The van der Waals surface area contributed by atoms with Gasteiger partial charge in [0.25, 0.3) is 12.4 Å². The third kappa shape index (κ3) is 11.1. The topological polar surface area (TPSA) is 168 Å². The second kappa shape index (κ2) is 18.6. The third-order valence-corrected chi connectivity index (χ3v) is 12.0. The second-order valence-electron chi connectivity index (χ2n) is 14.6. The van der Waals surface area contributed by atoms with Crippen LogP contribution < -0.4 is 10.2 Å². The molecule has 4 heterocycles. The molecule has 0 bridgehead atoms. The Hall–Kier alpha value is -2.88. The van der Waals surface area contributed by atoms with E-state index in [9.17, 15) is 19.8 Å². The molecule has 2 saturated heterocycles. The summed E-state index contributed by atoms with van der Waals surface area (Å²) in [5.41, 5.74) is 1.63. The van der Waals surface area contributed by atoms with Gasteiger partial charge in [0.15, 0.2) is 0 Å². The van der Waals surface area contributed by atoms with E-state index in [-0.39, 0.29) is 34.0 Å². The molecule has 3 aromatic rings. The van der Waals surface area contributed by atoms with E-state index in [4.69, 9.17) is 14.6 Å². The molecule has 1 amide bonds. The number of phenols is 1. The number of morpholine rings is 1. The van der Waals surface area contributed by atoms with Crippen LogP contribution in [0.25, 0.3) is 10.2 Å². The van der Waals surface area contributed by atoms with Crippen molar-refractivity contribution in [3.63, 3.8) is 0 Å². The highest BCUT2D eigenvalue weighted by Gasteiger charge is 2.41. The number of carboxylic acid groups (broad SMARTS) is 1. The lowest BCUT2D eigenvalue weighted by molar-refractivity contribution is -0.127. The summed E-state index contributed by atoms with van der Waals surface area (Å²) in [6.07, 6.45) is 8.27. The van der Waals surface area contributed by atoms with Crippen LogP contribution in [-0.2, 0) is 9.53 Å². The van der Waals surface area contributed by atoms with Crippen LogP contribution in [0.15, 0.2) is 22.3 Å². The van der Waals surface area contributed by atoms with Crippen LogP contribution in [0.2, 0.25) is 0 Å². The van der Waals surface area contributed by atoms with Gasteiger partial charge < -0.3 is 40.2 Å². The molecule has 1 unspecified atom stereocenters. The standard InChI is InChI=1S/C35H53N5O5S2.CH2O2/c1-24(2)31-37-26(22-46-31)32(43)40-19-20-45-35(23-40)13-17-39(18-14-35)16-8-6-5-7-11-34(3,4)12-15-36-21-28(42)25-9-10-27(41)29-30(25)47-33(44)38-29;2-1-3/h9-10,22,24,28,36,41-42H,5-8,11-21,23H2,1-4H3,(H,38,44);1H,(H,2,3). The molecule has 2 aliphatic rings. The molecule has 278 valence electrons. The second-order valence-corrected chi connectivity index (χ2v) is 16.5. The summed E-state index contributed by atoms with van der Waals surface area (Å²) >= 11 is 2.59. The van der Waals surface area contributed by atoms with Gasteiger partial charge in [-0.05, 0) is 56.7 Å². The van der Waals surface area contributed by atoms with Crippen molar-refractivity contribution in [1.82, 2.24) is 25.1 Å². The van der Waals surface area contributed by atoms with Gasteiger partial charge in [-0.2, -0.15) is 0 Å². The van der Waals surface area contributed by atoms with Crippen molar-refractivity contribution in [2.75, 3.05) is 52.4 Å². The highest BCUT2D eigenvalue weighted by Crippen LogP contribution is 2.33. The monoisotopic (exact) mass is 733 g/mol. The summed E-state index contributed by atoms with van der Waals surface area (Å²) in [7, 11) is 0. The predicted octanol–water partition coefficient (Wildman–Crippen LogP) is 5.57. The number of piperidine rings is 1. The molecule has 0 aliphatic carbocycles. The maximum atomic E-state index is 13.2. The summed E-state index contributed by atoms with van der Waals surface area (Å²) in [4.78, 5) is 44.8. The molecular formula is C36H55N5O7S2. The van der Waals surface area contributed by atoms with Gasteiger partial charge in [0, 0.05) is 43.0 Å². The minimum absolute atomic E-state index is 0.0218. The van der Waals surface area contributed by atoms with E-state index in [0.717, 1.165) is 61.8 Å². The number of aliphatic hydroxyl groups is 1. The number of rotatable bonds is 15. The first kappa shape index (κ1) is 39.9. The van der Waals surface area contributed by atoms with Gasteiger partial charge >= 0.3 is 4.87 Å². The maximum Gasteiger partial charge on any atom is 0.305 e. The highest BCUT2D eigenvalue weighted by atomic mass is 32.1. The number of ether oxygens (including phenoxy) is 1. The largest absolute Gasteiger partial charge is 0.506 e. The van der Waals surface area contributed by atoms with E-state index in [1.807, 2.05) is 10.3 Å². The lowest BCUT2D eigenvalue weighted by atomic mass is 9.83. The van der Waals surface area contributed by atoms with Crippen molar-refractivity contribution in [3.8, 4) is 5.75 Å². The summed E-state index contributed by atoms with van der Waals surface area (Å²) in [5, 5.41) is 33.9. The third-order valence-electron chi connectivity index (χ3n) is 9.88. The number of fused-ring (bicyclic) bond motifs is 1. The first-order valence-corrected chi connectivity index (χ1v) is 19.5. The number of aliphatic hydroxyl groups excluding tert-OH is 1. The summed E-state index contributed by atoms with van der Waals surface area (Å²) in [6, 6.07) is 3.21. The molecule has 50 heavy (non-hydrogen) atoms. The van der Waals surface area contributed by atoms with Crippen LogP contribution >= 0.6 is 22.7 Å². The number of phenolic OH excluding ortho intramolecular Hbond substituents is 1. The van der Waals surface area contributed by atoms with E-state index >= 15 is 0 Å². The highest BCUT2D eigenvalue weighted by molar-refractivity contribution is 7.16. The minimum Gasteiger partial charge on any atom is -0.506 e. The number of carbonyl (C=O) groups excluding carboxylic acids is 1. The van der Waals surface area contributed by atoms with Gasteiger partial charge in [-0.3, -0.25) is 14.4 Å². The zero-order chi connectivity index (χ0) is 36.3. The number of carbonyl (C=O) groups is 2. The molecule has 2 fully saturated rings. The fourth-order valence-electron chi connectivity index (χ4n) is 6.81. The van der Waals surface area contributed by atoms with Crippen LogP contribution in [-0.4, -0.2) is 105 Å². The fourth-order valence-corrected chi connectivity index (χ4v) is 8.54. The lowest BCUT2D eigenvalue weighted by Gasteiger charge is -2.47. The number of amides is 1. The number of hydrogen-bond donors (Lipinski definition) is 5. The molecule has 14 heteroatoms. The number of aromatic amines is 1. The number of H-pyrrole nitrogens is 1. The predicted molar refractivity (Wildman–Crippen MR) is 199 cm³/mol. The van der Waals surface area contributed by atoms with E-state index < -0.39 is 6.10 Å². The SMILES string of the molecule is CC(C)c1nc(C(=O)N2CCOC3(CCN(CCCCCCC(C)(C)CCNCC(O)c4ccc(O)c5[nH]c(=O)sc45)CC3)C2)cs1.O=CO. The van der Waals surface area contributed by atoms with Crippen molar-refractivity contribution in [2.24, 2.45) is 5.41 Å². The molecule has 0 saturated carbocycles. The van der Waals surface area contributed by atoms with E-state index in [0.29, 0.717) is 53.6 Å². The Morgan fingerprint density at radius 1 is 1.16 bits per heavy atom. The molecule has 12 nitrogen and oxygen atoms in total. The van der Waals surface area contributed by atoms with Crippen molar-refractivity contribution in [1.29, 1.82) is 0 Å². The van der Waals surface area contributed by atoms with E-state index in [1.165, 1.54) is 38.2 Å². The summed E-state index contributed by atoms with van der Waals surface area (Å²) in [5.74, 6) is 0.401. The molecule has 2 aliphatic heterocycles. The first-order chi connectivity index (χ1) is 23.9. The molecule has 1 atom stereocenters. The number of thiazole rings is 2. The smallest absolute Gasteiger partial charge is 0.305 e. The summed E-state index contributed by atoms with van der Waals surface area (Å²) in [6.45, 7) is 14.9. The van der Waals surface area contributed by atoms with Gasteiger partial charge in [0.05, 0.1) is 34.6 Å².